The minimum atomic E-state index is -3.40. The van der Waals surface area contributed by atoms with Crippen LogP contribution in [0.25, 0.3) is 0 Å². The molecule has 0 saturated heterocycles. The van der Waals surface area contributed by atoms with E-state index in [0.29, 0.717) is 8.68 Å². The summed E-state index contributed by atoms with van der Waals surface area (Å²) in [6.45, 7) is 3.78. The molecular weight excluding hydrogens is 366 g/mol. The van der Waals surface area contributed by atoms with Gasteiger partial charge in [0.15, 0.2) is 0 Å². The van der Waals surface area contributed by atoms with Crippen LogP contribution >= 0.6 is 43.2 Å². The van der Waals surface area contributed by atoms with Crippen LogP contribution in [-0.4, -0.2) is 14.5 Å². The number of hydrogen-bond donors (Lipinski definition) is 1. The molecule has 1 rings (SSSR count). The predicted molar refractivity (Wildman–Crippen MR) is 69.8 cm³/mol. The van der Waals surface area contributed by atoms with E-state index in [0.717, 1.165) is 10.2 Å². The van der Waals surface area contributed by atoms with Gasteiger partial charge in [0.1, 0.15) is 4.90 Å². The summed E-state index contributed by atoms with van der Waals surface area (Å²) in [5, 5.41) is 0. The lowest BCUT2D eigenvalue weighted by Crippen LogP contribution is -2.31. The Kier molecular flexibility index (Phi) is 4.79. The second-order valence-electron chi connectivity index (χ2n) is 3.12. The summed E-state index contributed by atoms with van der Waals surface area (Å²) in [4.78, 5) is 0.291. The van der Waals surface area contributed by atoms with E-state index in [1.807, 2.05) is 13.8 Å². The molecule has 0 aliphatic rings. The zero-order valence-electron chi connectivity index (χ0n) is 8.25. The Bertz CT molecular complexity index is 441. The first-order chi connectivity index (χ1) is 6.86. The molecule has 1 aromatic heterocycles. The van der Waals surface area contributed by atoms with Crippen LogP contribution in [0.4, 0.5) is 0 Å². The van der Waals surface area contributed by atoms with E-state index in [-0.39, 0.29) is 6.04 Å². The van der Waals surface area contributed by atoms with Crippen LogP contribution in [0.2, 0.25) is 0 Å². The molecule has 0 aromatic carbocycles. The Balaban J connectivity index is 3.01. The quantitative estimate of drug-likeness (QED) is 0.875. The molecule has 0 radical (unpaired) electrons. The smallest absolute Gasteiger partial charge is 0.208 e. The number of halogens is 2. The van der Waals surface area contributed by atoms with Gasteiger partial charge >= 0.3 is 0 Å². The summed E-state index contributed by atoms with van der Waals surface area (Å²) in [5.41, 5.74) is 0. The van der Waals surface area contributed by atoms with Crippen LogP contribution in [0, 0.1) is 0 Å². The monoisotopic (exact) mass is 375 g/mol. The largest absolute Gasteiger partial charge is 0.242 e. The SMILES string of the molecule is CCC(C)NS(=O)(=O)c1cc(Br)sc1Br. The molecule has 0 spiro atoms. The van der Waals surface area contributed by atoms with Crippen LogP contribution in [0.5, 0.6) is 0 Å². The third kappa shape index (κ3) is 3.52. The summed E-state index contributed by atoms with van der Waals surface area (Å²) in [6, 6.07) is 1.54. The predicted octanol–water partition coefficient (Wildman–Crippen LogP) is 3.35. The third-order valence-electron chi connectivity index (χ3n) is 1.88. The fourth-order valence-electron chi connectivity index (χ4n) is 0.920. The van der Waals surface area contributed by atoms with Crippen molar-refractivity contribution in [3.8, 4) is 0 Å². The lowest BCUT2D eigenvalue weighted by molar-refractivity contribution is 0.556. The topological polar surface area (TPSA) is 46.2 Å². The Labute approximate surface area is 111 Å². The van der Waals surface area contributed by atoms with Crippen molar-refractivity contribution in [2.45, 2.75) is 31.2 Å². The molecule has 15 heavy (non-hydrogen) atoms. The fourth-order valence-corrected chi connectivity index (χ4v) is 6.06. The zero-order chi connectivity index (χ0) is 11.6. The van der Waals surface area contributed by atoms with Gasteiger partial charge in [0.05, 0.1) is 7.57 Å². The van der Waals surface area contributed by atoms with Crippen LogP contribution < -0.4 is 4.72 Å². The number of thiophene rings is 1. The average Bonchev–Trinajstić information content (AvgIpc) is 2.45. The van der Waals surface area contributed by atoms with Crippen molar-refractivity contribution in [3.63, 3.8) is 0 Å². The van der Waals surface area contributed by atoms with Crippen molar-refractivity contribution < 1.29 is 8.42 Å². The van der Waals surface area contributed by atoms with Crippen molar-refractivity contribution in [1.29, 1.82) is 0 Å². The Hall–Kier alpha value is 0.570. The lowest BCUT2D eigenvalue weighted by Gasteiger charge is -2.11. The van der Waals surface area contributed by atoms with Gasteiger partial charge in [0, 0.05) is 6.04 Å². The van der Waals surface area contributed by atoms with E-state index in [4.69, 9.17) is 0 Å². The van der Waals surface area contributed by atoms with Gasteiger partial charge in [-0.3, -0.25) is 0 Å². The molecule has 1 N–H and O–H groups in total. The summed E-state index contributed by atoms with van der Waals surface area (Å²) in [7, 11) is -3.40. The lowest BCUT2D eigenvalue weighted by atomic mass is 10.3. The maximum atomic E-state index is 11.9. The van der Waals surface area contributed by atoms with Gasteiger partial charge < -0.3 is 0 Å². The van der Waals surface area contributed by atoms with E-state index < -0.39 is 10.0 Å². The van der Waals surface area contributed by atoms with E-state index in [2.05, 4.69) is 36.6 Å². The van der Waals surface area contributed by atoms with Crippen molar-refractivity contribution in [1.82, 2.24) is 4.72 Å². The van der Waals surface area contributed by atoms with Gasteiger partial charge in [0.2, 0.25) is 10.0 Å². The molecule has 0 amide bonds. The Morgan fingerprint density at radius 2 is 2.13 bits per heavy atom. The Morgan fingerprint density at radius 1 is 1.53 bits per heavy atom. The van der Waals surface area contributed by atoms with Crippen LogP contribution in [-0.2, 0) is 10.0 Å². The highest BCUT2D eigenvalue weighted by molar-refractivity contribution is 9.12. The minimum absolute atomic E-state index is 0.0550. The molecule has 1 unspecified atom stereocenters. The van der Waals surface area contributed by atoms with Crippen molar-refractivity contribution in [2.24, 2.45) is 0 Å². The summed E-state index contributed by atoms with van der Waals surface area (Å²) < 4.78 is 27.8. The second kappa shape index (κ2) is 5.27. The van der Waals surface area contributed by atoms with Crippen LogP contribution in [0.15, 0.2) is 18.5 Å². The van der Waals surface area contributed by atoms with Crippen molar-refractivity contribution in [3.05, 3.63) is 13.6 Å². The van der Waals surface area contributed by atoms with E-state index in [1.165, 1.54) is 11.3 Å². The molecular formula is C8H11Br2NO2S2. The van der Waals surface area contributed by atoms with Gasteiger partial charge in [0.25, 0.3) is 0 Å². The molecule has 3 nitrogen and oxygen atoms in total. The number of rotatable bonds is 4. The molecule has 0 aliphatic carbocycles. The van der Waals surface area contributed by atoms with Gasteiger partial charge in [-0.05, 0) is 51.3 Å². The highest BCUT2D eigenvalue weighted by atomic mass is 79.9. The molecule has 0 saturated carbocycles. The maximum Gasteiger partial charge on any atom is 0.242 e. The highest BCUT2D eigenvalue weighted by Crippen LogP contribution is 2.34. The van der Waals surface area contributed by atoms with Gasteiger partial charge in [-0.15, -0.1) is 11.3 Å². The van der Waals surface area contributed by atoms with Crippen LogP contribution in [0.1, 0.15) is 20.3 Å². The molecule has 1 aromatic rings. The summed E-state index contributed by atoms with van der Waals surface area (Å²) in [5.74, 6) is 0. The normalized spacial score (nSPS) is 14.1. The average molecular weight is 377 g/mol. The molecule has 7 heteroatoms. The molecule has 1 atom stereocenters. The molecule has 0 bridgehead atoms. The van der Waals surface area contributed by atoms with Gasteiger partial charge in [-0.2, -0.15) is 0 Å². The second-order valence-corrected chi connectivity index (χ2v) is 8.55. The van der Waals surface area contributed by atoms with Crippen molar-refractivity contribution >= 4 is 53.2 Å². The first-order valence-electron chi connectivity index (χ1n) is 4.34. The summed E-state index contributed by atoms with van der Waals surface area (Å²) >= 11 is 7.83. The van der Waals surface area contributed by atoms with E-state index >= 15 is 0 Å². The van der Waals surface area contributed by atoms with Gasteiger partial charge in [-0.1, -0.05) is 6.92 Å². The first-order valence-corrected chi connectivity index (χ1v) is 8.22. The molecule has 1 heterocycles. The van der Waals surface area contributed by atoms with E-state index in [9.17, 15) is 8.42 Å². The first kappa shape index (κ1) is 13.6. The van der Waals surface area contributed by atoms with Crippen molar-refractivity contribution in [2.75, 3.05) is 0 Å². The number of hydrogen-bond acceptors (Lipinski definition) is 3. The van der Waals surface area contributed by atoms with Crippen LogP contribution in [0.3, 0.4) is 0 Å². The number of nitrogens with one attached hydrogen (secondary N) is 1. The van der Waals surface area contributed by atoms with Gasteiger partial charge in [-0.25, -0.2) is 13.1 Å². The standard InChI is InChI=1S/C8H11Br2NO2S2/c1-3-5(2)11-15(12,13)6-4-7(9)14-8(6)10/h4-5,11H,3H2,1-2H3. The fraction of sp³-hybridized carbons (Fsp3) is 0.500. The third-order valence-corrected chi connectivity index (χ3v) is 6.23. The maximum absolute atomic E-state index is 11.9. The highest BCUT2D eigenvalue weighted by Gasteiger charge is 2.21. The zero-order valence-corrected chi connectivity index (χ0v) is 13.1. The minimum Gasteiger partial charge on any atom is -0.208 e. The summed E-state index contributed by atoms with van der Waals surface area (Å²) in [6.07, 6.45) is 0.766. The Morgan fingerprint density at radius 3 is 2.53 bits per heavy atom. The molecule has 0 fully saturated rings. The van der Waals surface area contributed by atoms with E-state index in [1.54, 1.807) is 6.07 Å². The molecule has 86 valence electrons. The molecule has 0 aliphatic heterocycles. The number of sulfonamides is 1.